The second-order valence-corrected chi connectivity index (χ2v) is 7.08. The summed E-state index contributed by atoms with van der Waals surface area (Å²) in [6.45, 7) is 2.95. The van der Waals surface area contributed by atoms with Crippen molar-refractivity contribution in [3.8, 4) is 0 Å². The smallest absolute Gasteiger partial charge is 0.282 e. The van der Waals surface area contributed by atoms with Crippen molar-refractivity contribution in [2.24, 2.45) is 0 Å². The minimum atomic E-state index is -0.233. The van der Waals surface area contributed by atoms with Crippen LogP contribution in [-0.2, 0) is 0 Å². The highest BCUT2D eigenvalue weighted by molar-refractivity contribution is 7.22. The Kier molecular flexibility index (Phi) is 6.40. The van der Waals surface area contributed by atoms with E-state index in [2.05, 4.69) is 10.1 Å². The lowest BCUT2D eigenvalue weighted by Gasteiger charge is -2.20. The van der Waals surface area contributed by atoms with Gasteiger partial charge in [0, 0.05) is 19.2 Å². The summed E-state index contributed by atoms with van der Waals surface area (Å²) in [6.07, 6.45) is 0. The fourth-order valence-corrected chi connectivity index (χ4v) is 3.50. The molecule has 0 saturated heterocycles. The Morgan fingerprint density at radius 1 is 1.32 bits per heavy atom. The molecule has 0 atom stereocenters. The van der Waals surface area contributed by atoms with Crippen molar-refractivity contribution in [3.05, 3.63) is 40.7 Å². The van der Waals surface area contributed by atoms with Gasteiger partial charge in [0.05, 0.1) is 9.72 Å². The number of anilines is 1. The topological polar surface area (TPSA) is 62.5 Å². The van der Waals surface area contributed by atoms with Gasteiger partial charge in [-0.05, 0) is 33.2 Å². The highest BCUT2D eigenvalue weighted by atomic mass is 35.5. The van der Waals surface area contributed by atoms with Crippen LogP contribution in [0.3, 0.4) is 0 Å². The van der Waals surface area contributed by atoms with Gasteiger partial charge in [0.15, 0.2) is 10.8 Å². The third kappa shape index (κ3) is 4.30. The lowest BCUT2D eigenvalue weighted by molar-refractivity contribution is 0.0976. The van der Waals surface area contributed by atoms with Crippen LogP contribution in [0, 0.1) is 6.92 Å². The molecule has 0 spiro atoms. The maximum Gasteiger partial charge on any atom is 0.282 e. The van der Waals surface area contributed by atoms with Gasteiger partial charge in [0.2, 0.25) is 0 Å². The number of aryl methyl sites for hydroxylation is 1. The number of carbonyl (C=O) groups is 1. The van der Waals surface area contributed by atoms with E-state index in [1.54, 1.807) is 24.0 Å². The first-order valence-corrected chi connectivity index (χ1v) is 8.60. The van der Waals surface area contributed by atoms with Gasteiger partial charge in [-0.3, -0.25) is 9.69 Å². The van der Waals surface area contributed by atoms with Crippen molar-refractivity contribution < 1.29 is 9.32 Å². The van der Waals surface area contributed by atoms with Crippen LogP contribution >= 0.6 is 35.3 Å². The van der Waals surface area contributed by atoms with Crippen LogP contribution in [0.4, 0.5) is 5.13 Å². The molecule has 3 rings (SSSR count). The van der Waals surface area contributed by atoms with Crippen LogP contribution < -0.4 is 4.90 Å². The fraction of sp³-hybridized carbons (Fsp3) is 0.312. The first-order valence-electron chi connectivity index (χ1n) is 7.40. The number of hydrogen-bond donors (Lipinski definition) is 0. The molecule has 6 nitrogen and oxygen atoms in total. The second kappa shape index (κ2) is 8.14. The summed E-state index contributed by atoms with van der Waals surface area (Å²) in [5.41, 5.74) is 0.981. The average molecular weight is 401 g/mol. The number of aromatic nitrogens is 2. The largest absolute Gasteiger partial charge is 0.361 e. The van der Waals surface area contributed by atoms with Gasteiger partial charge in [-0.25, -0.2) is 4.98 Å². The number of thiazole rings is 1. The minimum Gasteiger partial charge on any atom is -0.361 e. The predicted octanol–water partition coefficient (Wildman–Crippen LogP) is 3.88. The number of benzene rings is 1. The van der Waals surface area contributed by atoms with Crippen molar-refractivity contribution in [2.75, 3.05) is 32.1 Å². The fourth-order valence-electron chi connectivity index (χ4n) is 2.21. The molecule has 0 aliphatic heterocycles. The maximum atomic E-state index is 12.9. The molecule has 0 unspecified atom stereocenters. The minimum absolute atomic E-state index is 0. The monoisotopic (exact) mass is 400 g/mol. The van der Waals surface area contributed by atoms with Gasteiger partial charge >= 0.3 is 0 Å². The number of nitrogens with zero attached hydrogens (tertiary/aromatic N) is 4. The van der Waals surface area contributed by atoms with E-state index < -0.39 is 0 Å². The molecule has 0 N–H and O–H groups in total. The predicted molar refractivity (Wildman–Crippen MR) is 103 cm³/mol. The normalized spacial score (nSPS) is 10.9. The van der Waals surface area contributed by atoms with Gasteiger partial charge in [-0.1, -0.05) is 34.2 Å². The lowest BCUT2D eigenvalue weighted by Crippen LogP contribution is -2.36. The molecule has 25 heavy (non-hydrogen) atoms. The van der Waals surface area contributed by atoms with E-state index in [0.717, 1.165) is 4.70 Å². The third-order valence-electron chi connectivity index (χ3n) is 3.45. The van der Waals surface area contributed by atoms with E-state index in [0.29, 0.717) is 34.5 Å². The first-order chi connectivity index (χ1) is 11.5. The third-order valence-corrected chi connectivity index (χ3v) is 4.80. The second-order valence-electron chi connectivity index (χ2n) is 5.67. The zero-order chi connectivity index (χ0) is 17.3. The van der Waals surface area contributed by atoms with E-state index in [4.69, 9.17) is 16.1 Å². The maximum absolute atomic E-state index is 12.9. The summed E-state index contributed by atoms with van der Waals surface area (Å²) in [4.78, 5) is 21.0. The van der Waals surface area contributed by atoms with E-state index in [9.17, 15) is 4.79 Å². The zero-order valence-corrected chi connectivity index (χ0v) is 16.4. The molecular weight excluding hydrogens is 383 g/mol. The number of amides is 1. The Morgan fingerprint density at radius 3 is 2.68 bits per heavy atom. The van der Waals surface area contributed by atoms with Gasteiger partial charge < -0.3 is 9.42 Å². The lowest BCUT2D eigenvalue weighted by atomic mass is 10.3. The molecule has 0 aliphatic carbocycles. The molecule has 2 aromatic heterocycles. The molecule has 134 valence electrons. The van der Waals surface area contributed by atoms with E-state index in [1.165, 1.54) is 11.3 Å². The van der Waals surface area contributed by atoms with Crippen LogP contribution in [0.25, 0.3) is 10.2 Å². The van der Waals surface area contributed by atoms with E-state index >= 15 is 0 Å². The first kappa shape index (κ1) is 19.7. The molecule has 2 heterocycles. The number of likely N-dealkylation sites (N-methyl/N-ethyl adjacent to an activating group) is 1. The molecule has 1 amide bonds. The molecule has 0 saturated carbocycles. The van der Waals surface area contributed by atoms with Crippen molar-refractivity contribution in [3.63, 3.8) is 0 Å². The van der Waals surface area contributed by atoms with Crippen LogP contribution in [0.2, 0.25) is 5.02 Å². The Morgan fingerprint density at radius 2 is 2.08 bits per heavy atom. The van der Waals surface area contributed by atoms with Crippen LogP contribution in [0.5, 0.6) is 0 Å². The Labute approximate surface area is 160 Å². The molecule has 0 aliphatic rings. The number of rotatable bonds is 5. The highest BCUT2D eigenvalue weighted by Gasteiger charge is 2.24. The Hall–Kier alpha value is -1.67. The highest BCUT2D eigenvalue weighted by Crippen LogP contribution is 2.33. The number of para-hydroxylation sites is 1. The standard InChI is InChI=1S/C16H17ClN4O2S.ClH/c1-10-9-12(19-23-10)15(22)21(8-7-20(2)3)16-18-14-11(17)5-4-6-13(14)24-16;/h4-6,9H,7-8H2,1-3H3;1H. The van der Waals surface area contributed by atoms with Crippen LogP contribution in [0.1, 0.15) is 16.2 Å². The zero-order valence-electron chi connectivity index (χ0n) is 14.0. The number of fused-ring (bicyclic) bond motifs is 1. The molecule has 9 heteroatoms. The SMILES string of the molecule is Cc1cc(C(=O)N(CCN(C)C)c2nc3c(Cl)cccc3s2)no1.Cl. The van der Waals surface area contributed by atoms with Gasteiger partial charge in [0.25, 0.3) is 5.91 Å². The summed E-state index contributed by atoms with van der Waals surface area (Å²) >= 11 is 7.64. The van der Waals surface area contributed by atoms with Crippen molar-refractivity contribution in [1.29, 1.82) is 0 Å². The van der Waals surface area contributed by atoms with Gasteiger partial charge in [-0.15, -0.1) is 12.4 Å². The summed E-state index contributed by atoms with van der Waals surface area (Å²) in [5.74, 6) is 0.363. The molecular formula is C16H18Cl2N4O2S. The summed E-state index contributed by atoms with van der Waals surface area (Å²) in [5, 5.41) is 5.01. The molecule has 0 radical (unpaired) electrons. The average Bonchev–Trinajstić information content (AvgIpc) is 3.14. The van der Waals surface area contributed by atoms with E-state index in [1.807, 2.05) is 31.1 Å². The van der Waals surface area contributed by atoms with E-state index in [-0.39, 0.29) is 24.0 Å². The summed E-state index contributed by atoms with van der Waals surface area (Å²) < 4.78 is 5.97. The quantitative estimate of drug-likeness (QED) is 0.650. The van der Waals surface area contributed by atoms with Crippen molar-refractivity contribution >= 4 is 56.6 Å². The number of halogens is 2. The summed E-state index contributed by atoms with van der Waals surface area (Å²) in [6, 6.07) is 7.24. The van der Waals surface area contributed by atoms with Crippen LogP contribution in [0.15, 0.2) is 28.8 Å². The Bertz CT molecular complexity index is 878. The van der Waals surface area contributed by atoms with Crippen LogP contribution in [-0.4, -0.2) is 48.1 Å². The molecule has 0 bridgehead atoms. The van der Waals surface area contributed by atoms with Gasteiger partial charge in [0.1, 0.15) is 11.3 Å². The van der Waals surface area contributed by atoms with Gasteiger partial charge in [-0.2, -0.15) is 0 Å². The van der Waals surface area contributed by atoms with Crippen molar-refractivity contribution in [2.45, 2.75) is 6.92 Å². The molecule has 1 aromatic carbocycles. The Balaban J connectivity index is 0.00000225. The number of carbonyl (C=O) groups excluding carboxylic acids is 1. The molecule has 3 aromatic rings. The molecule has 0 fully saturated rings. The van der Waals surface area contributed by atoms with Crippen molar-refractivity contribution in [1.82, 2.24) is 15.0 Å². The number of hydrogen-bond acceptors (Lipinski definition) is 6. The summed E-state index contributed by atoms with van der Waals surface area (Å²) in [7, 11) is 3.91.